The van der Waals surface area contributed by atoms with E-state index in [4.69, 9.17) is 5.73 Å². The van der Waals surface area contributed by atoms with Gasteiger partial charge in [0.05, 0.1) is 0 Å². The molecule has 1 aliphatic heterocycles. The molecule has 0 saturated carbocycles. The van der Waals surface area contributed by atoms with Crippen LogP contribution in [0.25, 0.3) is 0 Å². The number of nitrogens with two attached hydrogens (primary N) is 1. The number of hydrogen-bond donors (Lipinski definition) is 1. The van der Waals surface area contributed by atoms with E-state index in [9.17, 15) is 3.89 Å². The molecule has 0 radical (unpaired) electrons. The lowest BCUT2D eigenvalue weighted by Crippen LogP contribution is -2.35. The average Bonchev–Trinajstić information content (AvgIpc) is 1.90. The largest absolute Gasteiger partial charge is 0.328 e. The van der Waals surface area contributed by atoms with E-state index in [1.165, 1.54) is 0 Å². The molecule has 0 aromatic heterocycles. The molecule has 54 valence electrons. The van der Waals surface area contributed by atoms with Crippen LogP contribution in [-0.2, 0) is 0 Å². The van der Waals surface area contributed by atoms with Crippen LogP contribution in [0.15, 0.2) is 0 Å². The topological polar surface area (TPSA) is 29.3 Å². The fourth-order valence-corrected chi connectivity index (χ4v) is 1.29. The Labute approximate surface area is 59.0 Å². The molecule has 2 nitrogen and oxygen atoms in total. The third-order valence-electron chi connectivity index (χ3n) is 1.60. The van der Waals surface area contributed by atoms with Gasteiger partial charge in [0, 0.05) is 19.1 Å². The fraction of sp³-hybridized carbons (Fsp3) is 1.00. The molecule has 1 rings (SSSR count). The van der Waals surface area contributed by atoms with E-state index in [2.05, 4.69) is 0 Å². The Morgan fingerprint density at radius 2 is 2.00 bits per heavy atom. The molecule has 0 bridgehead atoms. The molecule has 0 aromatic carbocycles. The van der Waals surface area contributed by atoms with E-state index in [-0.39, 0.29) is 0 Å². The maximum atomic E-state index is 11.8. The number of hydrogen-bond acceptors (Lipinski definition) is 3. The molecule has 9 heavy (non-hydrogen) atoms. The SMILES string of the molecule is NC1CCN(SF)CC1. The summed E-state index contributed by atoms with van der Waals surface area (Å²) in [6.45, 7) is 1.59. The standard InChI is InChI=1S/C5H11FN2S/c6-9-8-3-1-5(7)2-4-8/h5H,1-4,7H2. The summed E-state index contributed by atoms with van der Waals surface area (Å²) in [5.41, 5.74) is 5.59. The van der Waals surface area contributed by atoms with Gasteiger partial charge in [0.2, 0.25) is 0 Å². The highest BCUT2D eigenvalue weighted by molar-refractivity contribution is 7.91. The molecule has 0 amide bonds. The Morgan fingerprint density at radius 3 is 2.44 bits per heavy atom. The van der Waals surface area contributed by atoms with Crippen molar-refractivity contribution in [3.05, 3.63) is 0 Å². The summed E-state index contributed by atoms with van der Waals surface area (Å²) in [6.07, 6.45) is 1.86. The normalized spacial score (nSPS) is 24.7. The van der Waals surface area contributed by atoms with E-state index in [1.807, 2.05) is 0 Å². The molecular formula is C5H11FN2S. The van der Waals surface area contributed by atoms with Crippen molar-refractivity contribution >= 4 is 12.3 Å². The molecule has 1 saturated heterocycles. The highest BCUT2D eigenvalue weighted by Gasteiger charge is 2.15. The summed E-state index contributed by atoms with van der Waals surface area (Å²) in [4.78, 5) is 0. The second-order valence-electron chi connectivity index (χ2n) is 2.34. The lowest BCUT2D eigenvalue weighted by molar-refractivity contribution is 0.340. The van der Waals surface area contributed by atoms with Crippen LogP contribution in [0, 0.1) is 0 Å². The molecule has 1 aliphatic rings. The van der Waals surface area contributed by atoms with Crippen molar-refractivity contribution in [2.45, 2.75) is 18.9 Å². The van der Waals surface area contributed by atoms with E-state index in [0.717, 1.165) is 25.9 Å². The first-order valence-electron chi connectivity index (χ1n) is 3.12. The third kappa shape index (κ3) is 2.12. The number of piperidine rings is 1. The second kappa shape index (κ2) is 3.39. The van der Waals surface area contributed by atoms with Crippen LogP contribution in [0.3, 0.4) is 0 Å². The first-order valence-corrected chi connectivity index (χ1v) is 3.79. The van der Waals surface area contributed by atoms with Crippen LogP contribution >= 0.6 is 12.3 Å². The Kier molecular flexibility index (Phi) is 2.75. The van der Waals surface area contributed by atoms with E-state index >= 15 is 0 Å². The smallest absolute Gasteiger partial charge is 0.134 e. The van der Waals surface area contributed by atoms with E-state index < -0.39 is 0 Å². The van der Waals surface area contributed by atoms with Crippen molar-refractivity contribution in [2.24, 2.45) is 5.73 Å². The van der Waals surface area contributed by atoms with Crippen LogP contribution in [0.2, 0.25) is 0 Å². The van der Waals surface area contributed by atoms with Gasteiger partial charge >= 0.3 is 0 Å². The molecule has 1 heterocycles. The van der Waals surface area contributed by atoms with Gasteiger partial charge in [-0.15, -0.1) is 3.89 Å². The zero-order valence-corrected chi connectivity index (χ0v) is 6.03. The quantitative estimate of drug-likeness (QED) is 0.564. The highest BCUT2D eigenvalue weighted by Crippen LogP contribution is 2.17. The molecule has 2 N–H and O–H groups in total. The van der Waals surface area contributed by atoms with Gasteiger partial charge in [-0.05, 0) is 12.8 Å². The molecule has 0 aromatic rings. The Morgan fingerprint density at radius 1 is 1.44 bits per heavy atom. The van der Waals surface area contributed by atoms with Crippen LogP contribution in [-0.4, -0.2) is 23.4 Å². The van der Waals surface area contributed by atoms with E-state index in [0.29, 0.717) is 18.4 Å². The monoisotopic (exact) mass is 150 g/mol. The van der Waals surface area contributed by atoms with Crippen LogP contribution in [0.1, 0.15) is 12.8 Å². The second-order valence-corrected chi connectivity index (χ2v) is 2.99. The Hall–Kier alpha value is 0.200. The molecule has 0 atom stereocenters. The summed E-state index contributed by atoms with van der Waals surface area (Å²) in [6, 6.07) is 0.299. The van der Waals surface area contributed by atoms with Gasteiger partial charge in [-0.1, -0.05) is 0 Å². The van der Waals surface area contributed by atoms with Gasteiger partial charge in [0.1, 0.15) is 12.3 Å². The lowest BCUT2D eigenvalue weighted by Gasteiger charge is -2.25. The molecular weight excluding hydrogens is 139 g/mol. The minimum Gasteiger partial charge on any atom is -0.328 e. The van der Waals surface area contributed by atoms with Gasteiger partial charge in [0.15, 0.2) is 0 Å². The van der Waals surface area contributed by atoms with Crippen molar-refractivity contribution in [2.75, 3.05) is 13.1 Å². The Bertz CT molecular complexity index is 83.0. The van der Waals surface area contributed by atoms with E-state index in [1.54, 1.807) is 4.31 Å². The summed E-state index contributed by atoms with van der Waals surface area (Å²) in [5, 5.41) is 0. The summed E-state index contributed by atoms with van der Waals surface area (Å²) >= 11 is 0.326. The van der Waals surface area contributed by atoms with Gasteiger partial charge in [0.25, 0.3) is 0 Å². The predicted molar refractivity (Wildman–Crippen MR) is 37.5 cm³/mol. The van der Waals surface area contributed by atoms with Gasteiger partial charge < -0.3 is 5.73 Å². The molecule has 0 unspecified atom stereocenters. The third-order valence-corrected chi connectivity index (χ3v) is 2.16. The first kappa shape index (κ1) is 7.31. The lowest BCUT2D eigenvalue weighted by atomic mass is 10.1. The highest BCUT2D eigenvalue weighted by atomic mass is 32.2. The minimum atomic E-state index is 0.299. The van der Waals surface area contributed by atoms with Crippen molar-refractivity contribution in [3.63, 3.8) is 0 Å². The summed E-state index contributed by atoms with van der Waals surface area (Å²) in [7, 11) is 0. The zero-order valence-electron chi connectivity index (χ0n) is 5.22. The number of halogens is 1. The van der Waals surface area contributed by atoms with Gasteiger partial charge in [-0.3, -0.25) is 0 Å². The molecule has 4 heteroatoms. The van der Waals surface area contributed by atoms with Crippen LogP contribution in [0.4, 0.5) is 3.89 Å². The molecule has 0 aliphatic carbocycles. The minimum absolute atomic E-state index is 0.299. The predicted octanol–water partition coefficient (Wildman–Crippen LogP) is 0.942. The molecule has 1 fully saturated rings. The number of rotatable bonds is 1. The van der Waals surface area contributed by atoms with Crippen molar-refractivity contribution < 1.29 is 3.89 Å². The summed E-state index contributed by atoms with van der Waals surface area (Å²) < 4.78 is 13.5. The fourth-order valence-electron chi connectivity index (χ4n) is 0.945. The van der Waals surface area contributed by atoms with Crippen molar-refractivity contribution in [3.8, 4) is 0 Å². The Balaban J connectivity index is 2.18. The number of nitrogens with zero attached hydrogens (tertiary/aromatic N) is 1. The summed E-state index contributed by atoms with van der Waals surface area (Å²) in [5.74, 6) is 0. The first-order chi connectivity index (χ1) is 4.33. The average molecular weight is 150 g/mol. The maximum absolute atomic E-state index is 11.8. The van der Waals surface area contributed by atoms with Crippen LogP contribution < -0.4 is 5.73 Å². The van der Waals surface area contributed by atoms with Gasteiger partial charge in [-0.2, -0.15) is 0 Å². The molecule has 0 spiro atoms. The maximum Gasteiger partial charge on any atom is 0.134 e. The van der Waals surface area contributed by atoms with Crippen molar-refractivity contribution in [1.82, 2.24) is 4.31 Å². The van der Waals surface area contributed by atoms with Crippen molar-refractivity contribution in [1.29, 1.82) is 0 Å². The zero-order chi connectivity index (χ0) is 6.69. The van der Waals surface area contributed by atoms with Crippen LogP contribution in [0.5, 0.6) is 0 Å². The van der Waals surface area contributed by atoms with Gasteiger partial charge in [-0.25, -0.2) is 4.31 Å².